The van der Waals surface area contributed by atoms with E-state index < -0.39 is 0 Å². The van der Waals surface area contributed by atoms with Crippen molar-refractivity contribution < 1.29 is 4.79 Å². The van der Waals surface area contributed by atoms with Crippen LogP contribution in [0.1, 0.15) is 6.42 Å². The minimum absolute atomic E-state index is 0.01000. The predicted octanol–water partition coefficient (Wildman–Crippen LogP) is 1.96. The lowest BCUT2D eigenvalue weighted by Crippen LogP contribution is -2.29. The van der Waals surface area contributed by atoms with Crippen LogP contribution in [0, 0.1) is 0 Å². The largest absolute Gasteiger partial charge is 0.333 e. The second-order valence-corrected chi connectivity index (χ2v) is 5.04. The standard InChI is InChI=1S/C12H16BrN3O/c1-14-6-5-10-8-16(12(17)15-10)11-4-2-3-9(13)7-11/h2-4,7,10,14H,5-6,8H2,1H3,(H,15,17). The number of rotatable bonds is 4. The Bertz CT molecular complexity index is 410. The van der Waals surface area contributed by atoms with Crippen molar-refractivity contribution in [3.8, 4) is 0 Å². The third-order valence-corrected chi connectivity index (χ3v) is 3.33. The normalized spacial score (nSPS) is 19.5. The summed E-state index contributed by atoms with van der Waals surface area (Å²) in [5, 5.41) is 6.08. The van der Waals surface area contributed by atoms with Crippen LogP contribution in [-0.4, -0.2) is 32.2 Å². The average molecular weight is 298 g/mol. The molecule has 2 N–H and O–H groups in total. The molecule has 92 valence electrons. The van der Waals surface area contributed by atoms with E-state index in [1.165, 1.54) is 0 Å². The Kier molecular flexibility index (Phi) is 4.02. The highest BCUT2D eigenvalue weighted by atomic mass is 79.9. The van der Waals surface area contributed by atoms with E-state index in [1.54, 1.807) is 4.90 Å². The van der Waals surface area contributed by atoms with E-state index in [2.05, 4.69) is 26.6 Å². The van der Waals surface area contributed by atoms with Crippen LogP contribution in [0.15, 0.2) is 28.7 Å². The van der Waals surface area contributed by atoms with E-state index in [1.807, 2.05) is 31.3 Å². The van der Waals surface area contributed by atoms with Crippen LogP contribution in [0.25, 0.3) is 0 Å². The number of carbonyl (C=O) groups excluding carboxylic acids is 1. The number of halogens is 1. The first kappa shape index (κ1) is 12.4. The molecule has 0 aliphatic carbocycles. The smallest absolute Gasteiger partial charge is 0.322 e. The van der Waals surface area contributed by atoms with Crippen molar-refractivity contribution in [1.82, 2.24) is 10.6 Å². The molecular formula is C12H16BrN3O. The topological polar surface area (TPSA) is 44.4 Å². The summed E-state index contributed by atoms with van der Waals surface area (Å²) < 4.78 is 0.987. The van der Waals surface area contributed by atoms with Crippen LogP contribution in [0.2, 0.25) is 0 Å². The summed E-state index contributed by atoms with van der Waals surface area (Å²) in [6, 6.07) is 8.02. The summed E-state index contributed by atoms with van der Waals surface area (Å²) in [5.74, 6) is 0. The van der Waals surface area contributed by atoms with Gasteiger partial charge in [0, 0.05) is 22.7 Å². The molecule has 1 heterocycles. The van der Waals surface area contributed by atoms with Crippen molar-refractivity contribution in [2.45, 2.75) is 12.5 Å². The summed E-state index contributed by atoms with van der Waals surface area (Å²) in [5.41, 5.74) is 0.934. The number of anilines is 1. The zero-order valence-electron chi connectivity index (χ0n) is 9.74. The summed E-state index contributed by atoms with van der Waals surface area (Å²) >= 11 is 3.42. The molecule has 2 rings (SSSR count). The van der Waals surface area contributed by atoms with Crippen molar-refractivity contribution in [2.75, 3.05) is 25.0 Å². The van der Waals surface area contributed by atoms with Crippen LogP contribution < -0.4 is 15.5 Å². The fourth-order valence-electron chi connectivity index (χ4n) is 1.95. The van der Waals surface area contributed by atoms with Crippen molar-refractivity contribution >= 4 is 27.6 Å². The Labute approximate surface area is 110 Å². The van der Waals surface area contributed by atoms with Gasteiger partial charge in [-0.15, -0.1) is 0 Å². The zero-order valence-corrected chi connectivity index (χ0v) is 11.3. The number of nitrogens with one attached hydrogen (secondary N) is 2. The van der Waals surface area contributed by atoms with Crippen molar-refractivity contribution in [1.29, 1.82) is 0 Å². The third kappa shape index (κ3) is 2.98. The quantitative estimate of drug-likeness (QED) is 0.892. The lowest BCUT2D eigenvalue weighted by atomic mass is 10.2. The molecular weight excluding hydrogens is 282 g/mol. The van der Waals surface area contributed by atoms with Crippen LogP contribution >= 0.6 is 15.9 Å². The highest BCUT2D eigenvalue weighted by Gasteiger charge is 2.29. The second-order valence-electron chi connectivity index (χ2n) is 4.13. The van der Waals surface area contributed by atoms with Gasteiger partial charge in [-0.05, 0) is 38.2 Å². The first-order chi connectivity index (χ1) is 8.20. The molecule has 5 heteroatoms. The van der Waals surface area contributed by atoms with Gasteiger partial charge in [-0.3, -0.25) is 4.90 Å². The highest BCUT2D eigenvalue weighted by molar-refractivity contribution is 9.10. The average Bonchev–Trinajstić information content (AvgIpc) is 2.68. The van der Waals surface area contributed by atoms with Gasteiger partial charge in [-0.1, -0.05) is 22.0 Å². The number of urea groups is 1. The van der Waals surface area contributed by atoms with Gasteiger partial charge in [-0.2, -0.15) is 0 Å². The fourth-order valence-corrected chi connectivity index (χ4v) is 2.34. The molecule has 1 atom stereocenters. The van der Waals surface area contributed by atoms with Gasteiger partial charge in [-0.25, -0.2) is 4.79 Å². The Hall–Kier alpha value is -1.07. The van der Waals surface area contributed by atoms with Crippen molar-refractivity contribution in [3.63, 3.8) is 0 Å². The number of nitrogens with zero attached hydrogens (tertiary/aromatic N) is 1. The highest BCUT2D eigenvalue weighted by Crippen LogP contribution is 2.22. The fraction of sp³-hybridized carbons (Fsp3) is 0.417. The SMILES string of the molecule is CNCCC1CN(c2cccc(Br)c2)C(=O)N1. The second kappa shape index (κ2) is 5.51. The zero-order chi connectivity index (χ0) is 12.3. The predicted molar refractivity (Wildman–Crippen MR) is 72.4 cm³/mol. The van der Waals surface area contributed by atoms with Crippen molar-refractivity contribution in [3.05, 3.63) is 28.7 Å². The van der Waals surface area contributed by atoms with Crippen molar-refractivity contribution in [2.24, 2.45) is 0 Å². The van der Waals surface area contributed by atoms with Crippen LogP contribution in [-0.2, 0) is 0 Å². The van der Waals surface area contributed by atoms with Gasteiger partial charge >= 0.3 is 6.03 Å². The monoisotopic (exact) mass is 297 g/mol. The summed E-state index contributed by atoms with van der Waals surface area (Å²) in [4.78, 5) is 13.6. The molecule has 0 radical (unpaired) electrons. The van der Waals surface area contributed by atoms with E-state index in [-0.39, 0.29) is 12.1 Å². The molecule has 0 bridgehead atoms. The van der Waals surface area contributed by atoms with Gasteiger partial charge in [0.1, 0.15) is 0 Å². The number of hydrogen-bond acceptors (Lipinski definition) is 2. The van der Waals surface area contributed by atoms with Crippen LogP contribution in [0.4, 0.5) is 10.5 Å². The van der Waals surface area contributed by atoms with E-state index in [0.29, 0.717) is 0 Å². The lowest BCUT2D eigenvalue weighted by molar-refractivity contribution is 0.250. The molecule has 1 aliphatic heterocycles. The molecule has 17 heavy (non-hydrogen) atoms. The molecule has 1 aromatic rings. The maximum atomic E-state index is 11.8. The lowest BCUT2D eigenvalue weighted by Gasteiger charge is -2.15. The van der Waals surface area contributed by atoms with Gasteiger partial charge in [0.25, 0.3) is 0 Å². The molecule has 1 saturated heterocycles. The maximum absolute atomic E-state index is 11.8. The Morgan fingerprint density at radius 2 is 2.41 bits per heavy atom. The van der Waals surface area contributed by atoms with Crippen LogP contribution in [0.5, 0.6) is 0 Å². The number of carbonyl (C=O) groups is 1. The molecule has 0 saturated carbocycles. The number of hydrogen-bond donors (Lipinski definition) is 2. The first-order valence-corrected chi connectivity index (χ1v) is 6.48. The molecule has 1 unspecified atom stereocenters. The van der Waals surface area contributed by atoms with Gasteiger partial charge in [0.15, 0.2) is 0 Å². The maximum Gasteiger partial charge on any atom is 0.322 e. The van der Waals surface area contributed by atoms with Gasteiger partial charge < -0.3 is 10.6 Å². The number of benzene rings is 1. The molecule has 1 aromatic carbocycles. The van der Waals surface area contributed by atoms with Gasteiger partial charge in [0.05, 0.1) is 0 Å². The van der Waals surface area contributed by atoms with E-state index in [4.69, 9.17) is 0 Å². The molecule has 2 amide bonds. The summed E-state index contributed by atoms with van der Waals surface area (Å²) in [6.07, 6.45) is 0.951. The van der Waals surface area contributed by atoms with Crippen LogP contribution in [0.3, 0.4) is 0 Å². The molecule has 0 aromatic heterocycles. The summed E-state index contributed by atoms with van der Waals surface area (Å²) in [7, 11) is 1.92. The minimum atomic E-state index is -0.01000. The first-order valence-electron chi connectivity index (χ1n) is 5.69. The Morgan fingerprint density at radius 3 is 3.12 bits per heavy atom. The minimum Gasteiger partial charge on any atom is -0.333 e. The third-order valence-electron chi connectivity index (χ3n) is 2.84. The van der Waals surface area contributed by atoms with E-state index in [9.17, 15) is 4.79 Å². The van der Waals surface area contributed by atoms with E-state index >= 15 is 0 Å². The molecule has 4 nitrogen and oxygen atoms in total. The summed E-state index contributed by atoms with van der Waals surface area (Å²) in [6.45, 7) is 1.65. The molecule has 1 fully saturated rings. The Morgan fingerprint density at radius 1 is 1.59 bits per heavy atom. The number of amides is 2. The Balaban J connectivity index is 2.05. The molecule has 1 aliphatic rings. The van der Waals surface area contributed by atoms with Gasteiger partial charge in [0.2, 0.25) is 0 Å². The van der Waals surface area contributed by atoms with E-state index in [0.717, 1.165) is 29.7 Å². The molecule has 0 spiro atoms.